The van der Waals surface area contributed by atoms with Crippen LogP contribution in [0.5, 0.6) is 0 Å². The maximum atomic E-state index is 12.5. The molecule has 2 nitrogen and oxygen atoms in total. The van der Waals surface area contributed by atoms with Gasteiger partial charge in [-0.1, -0.05) is 32.6 Å². The molecular weight excluding hydrogens is 222 g/mol. The number of rotatable bonds is 3. The van der Waals surface area contributed by atoms with Crippen LogP contribution in [0.1, 0.15) is 71.1 Å². The van der Waals surface area contributed by atoms with Gasteiger partial charge in [0.25, 0.3) is 0 Å². The van der Waals surface area contributed by atoms with E-state index in [2.05, 4.69) is 11.8 Å². The Morgan fingerprint density at radius 3 is 2.94 bits per heavy atom. The number of nitrogens with zero attached hydrogens (tertiary/aromatic N) is 1. The summed E-state index contributed by atoms with van der Waals surface area (Å²) in [4.78, 5) is 15.3. The molecule has 3 rings (SSSR count). The zero-order valence-electron chi connectivity index (χ0n) is 11.8. The molecule has 1 spiro atoms. The summed E-state index contributed by atoms with van der Waals surface area (Å²) in [6, 6.07) is 0.578. The van der Waals surface area contributed by atoms with Crippen molar-refractivity contribution in [3.63, 3.8) is 0 Å². The molecule has 0 N–H and O–H groups in total. The van der Waals surface area contributed by atoms with Gasteiger partial charge in [0, 0.05) is 23.9 Å². The zero-order valence-corrected chi connectivity index (χ0v) is 11.8. The Hall–Kier alpha value is -0.370. The largest absolute Gasteiger partial charge is 0.299 e. The van der Waals surface area contributed by atoms with Crippen LogP contribution in [0.15, 0.2) is 0 Å². The minimum absolute atomic E-state index is 0.311. The van der Waals surface area contributed by atoms with Crippen molar-refractivity contribution in [1.82, 2.24) is 4.90 Å². The lowest BCUT2D eigenvalue weighted by atomic mass is 9.65. The number of ketones is 1. The summed E-state index contributed by atoms with van der Waals surface area (Å²) in [5.41, 5.74) is 0.311. The molecule has 3 unspecified atom stereocenters. The molecule has 3 fully saturated rings. The summed E-state index contributed by atoms with van der Waals surface area (Å²) < 4.78 is 0. The van der Waals surface area contributed by atoms with Crippen molar-refractivity contribution in [3.8, 4) is 0 Å². The number of piperidine rings is 1. The highest BCUT2D eigenvalue weighted by atomic mass is 16.1. The predicted molar refractivity (Wildman–Crippen MR) is 73.6 cm³/mol. The second kappa shape index (κ2) is 4.96. The number of hydrogen-bond donors (Lipinski definition) is 0. The van der Waals surface area contributed by atoms with E-state index in [1.807, 2.05) is 0 Å². The fourth-order valence-corrected chi connectivity index (χ4v) is 4.98. The molecule has 1 saturated carbocycles. The van der Waals surface area contributed by atoms with Crippen molar-refractivity contribution in [2.24, 2.45) is 5.92 Å². The van der Waals surface area contributed by atoms with Gasteiger partial charge in [0.2, 0.25) is 0 Å². The molecule has 2 saturated heterocycles. The molecule has 0 aromatic rings. The van der Waals surface area contributed by atoms with E-state index in [4.69, 9.17) is 0 Å². The maximum Gasteiger partial charge on any atom is 0.139 e. The Labute approximate surface area is 111 Å². The molecule has 0 aromatic heterocycles. The van der Waals surface area contributed by atoms with Crippen molar-refractivity contribution < 1.29 is 4.79 Å². The molecule has 102 valence electrons. The number of Topliss-reactive ketones (excluding diaryl/α,β-unsaturated/α-hetero) is 1. The maximum absolute atomic E-state index is 12.5. The normalized spacial score (nSPS) is 40.6. The van der Waals surface area contributed by atoms with Crippen LogP contribution in [0, 0.1) is 5.92 Å². The summed E-state index contributed by atoms with van der Waals surface area (Å²) in [6.07, 6.45) is 12.4. The predicted octanol–water partition coefficient (Wildman–Crippen LogP) is 3.54. The minimum atomic E-state index is 0.311. The van der Waals surface area contributed by atoms with E-state index in [-0.39, 0.29) is 0 Å². The van der Waals surface area contributed by atoms with Gasteiger partial charge >= 0.3 is 0 Å². The van der Waals surface area contributed by atoms with Gasteiger partial charge in [0.05, 0.1) is 0 Å². The first kappa shape index (κ1) is 12.7. The van der Waals surface area contributed by atoms with Crippen molar-refractivity contribution in [2.75, 3.05) is 6.54 Å². The van der Waals surface area contributed by atoms with Crippen molar-refractivity contribution >= 4 is 5.78 Å². The topological polar surface area (TPSA) is 20.3 Å². The quantitative estimate of drug-likeness (QED) is 0.762. The van der Waals surface area contributed by atoms with Gasteiger partial charge < -0.3 is 0 Å². The van der Waals surface area contributed by atoms with E-state index >= 15 is 0 Å². The Morgan fingerprint density at radius 2 is 2.11 bits per heavy atom. The molecule has 0 bridgehead atoms. The molecule has 2 heterocycles. The van der Waals surface area contributed by atoms with Gasteiger partial charge in [0.15, 0.2) is 0 Å². The number of carbonyl (C=O) groups excluding carboxylic acids is 1. The summed E-state index contributed by atoms with van der Waals surface area (Å²) in [5.74, 6) is 1.00. The smallest absolute Gasteiger partial charge is 0.139 e. The molecule has 0 aromatic carbocycles. The molecule has 3 atom stereocenters. The molecule has 3 aliphatic rings. The summed E-state index contributed by atoms with van der Waals surface area (Å²) in [5, 5.41) is 0. The zero-order chi connectivity index (χ0) is 12.6. The molecule has 2 aliphatic heterocycles. The number of carbonyl (C=O) groups is 1. The van der Waals surface area contributed by atoms with Crippen LogP contribution in [0.25, 0.3) is 0 Å². The van der Waals surface area contributed by atoms with Crippen LogP contribution in [-0.2, 0) is 4.79 Å². The first-order valence-corrected chi connectivity index (χ1v) is 8.07. The first-order valence-electron chi connectivity index (χ1n) is 8.07. The first-order chi connectivity index (χ1) is 8.78. The van der Waals surface area contributed by atoms with Gasteiger partial charge in [0.1, 0.15) is 5.78 Å². The van der Waals surface area contributed by atoms with Gasteiger partial charge in [-0.3, -0.25) is 9.69 Å². The van der Waals surface area contributed by atoms with Crippen molar-refractivity contribution in [1.29, 1.82) is 0 Å². The van der Waals surface area contributed by atoms with E-state index in [0.29, 0.717) is 23.3 Å². The minimum Gasteiger partial charge on any atom is -0.299 e. The Bertz CT molecular complexity index is 327. The van der Waals surface area contributed by atoms with Crippen LogP contribution >= 0.6 is 0 Å². The fourth-order valence-electron chi connectivity index (χ4n) is 4.98. The van der Waals surface area contributed by atoms with E-state index < -0.39 is 0 Å². The molecule has 0 amide bonds. The lowest BCUT2D eigenvalue weighted by molar-refractivity contribution is -0.140. The van der Waals surface area contributed by atoms with Crippen LogP contribution < -0.4 is 0 Å². The van der Waals surface area contributed by atoms with Gasteiger partial charge in [-0.25, -0.2) is 0 Å². The third kappa shape index (κ3) is 1.84. The average Bonchev–Trinajstić information content (AvgIpc) is 2.80. The third-order valence-corrected chi connectivity index (χ3v) is 5.74. The molecular formula is C16H27NO. The van der Waals surface area contributed by atoms with E-state index in [9.17, 15) is 4.79 Å². The number of hydrogen-bond acceptors (Lipinski definition) is 2. The molecule has 2 heteroatoms. The molecule has 1 aliphatic carbocycles. The van der Waals surface area contributed by atoms with Crippen LogP contribution in [0.4, 0.5) is 0 Å². The molecule has 18 heavy (non-hydrogen) atoms. The Kier molecular flexibility index (Phi) is 3.48. The van der Waals surface area contributed by atoms with Gasteiger partial charge in [-0.15, -0.1) is 0 Å². The SMILES string of the molecule is CCCCC1CC(=O)C2CCCCC23CCCN13. The van der Waals surface area contributed by atoms with E-state index in [1.54, 1.807) is 0 Å². The second-order valence-electron chi connectivity index (χ2n) is 6.67. The molecule has 0 radical (unpaired) electrons. The highest BCUT2D eigenvalue weighted by molar-refractivity contribution is 5.84. The number of unbranched alkanes of at least 4 members (excludes halogenated alkanes) is 1. The van der Waals surface area contributed by atoms with Crippen molar-refractivity contribution in [3.05, 3.63) is 0 Å². The lowest BCUT2D eigenvalue weighted by Gasteiger charge is -2.53. The third-order valence-electron chi connectivity index (χ3n) is 5.74. The average molecular weight is 249 g/mol. The highest BCUT2D eigenvalue weighted by Gasteiger charge is 2.55. The van der Waals surface area contributed by atoms with Gasteiger partial charge in [-0.2, -0.15) is 0 Å². The lowest BCUT2D eigenvalue weighted by Crippen LogP contribution is -2.62. The summed E-state index contributed by atoms with van der Waals surface area (Å²) in [6.45, 7) is 3.52. The Balaban J connectivity index is 1.84. The van der Waals surface area contributed by atoms with Crippen LogP contribution in [0.2, 0.25) is 0 Å². The van der Waals surface area contributed by atoms with E-state index in [1.165, 1.54) is 64.3 Å². The van der Waals surface area contributed by atoms with E-state index in [0.717, 1.165) is 6.42 Å². The van der Waals surface area contributed by atoms with Gasteiger partial charge in [-0.05, 0) is 38.6 Å². The second-order valence-corrected chi connectivity index (χ2v) is 6.67. The van der Waals surface area contributed by atoms with Crippen LogP contribution in [0.3, 0.4) is 0 Å². The standard InChI is InChI=1S/C16H27NO/c1-2-3-7-13-12-15(18)14-8-4-5-9-16(14)10-6-11-17(13)16/h13-14H,2-12H2,1H3. The summed E-state index contributed by atoms with van der Waals surface area (Å²) >= 11 is 0. The fraction of sp³-hybridized carbons (Fsp3) is 0.938. The Morgan fingerprint density at radius 1 is 1.28 bits per heavy atom. The highest BCUT2D eigenvalue weighted by Crippen LogP contribution is 2.50. The van der Waals surface area contributed by atoms with Crippen molar-refractivity contribution in [2.45, 2.75) is 82.7 Å². The summed E-state index contributed by atoms with van der Waals surface area (Å²) in [7, 11) is 0. The monoisotopic (exact) mass is 249 g/mol. The van der Waals surface area contributed by atoms with Crippen LogP contribution in [-0.4, -0.2) is 28.8 Å².